The number of hydrogen-bond acceptors (Lipinski definition) is 0. The highest BCUT2D eigenvalue weighted by molar-refractivity contribution is 6.15. The van der Waals surface area contributed by atoms with Crippen LogP contribution >= 0.6 is 0 Å². The fourth-order valence-electron chi connectivity index (χ4n) is 1.65. The first-order chi connectivity index (χ1) is 6.92. The molecule has 0 nitrogen and oxygen atoms in total. The van der Waals surface area contributed by atoms with Gasteiger partial charge in [0.2, 0.25) is 0 Å². The number of rotatable bonds is 3. The van der Waals surface area contributed by atoms with Gasteiger partial charge in [-0.2, -0.15) is 0 Å². The van der Waals surface area contributed by atoms with Gasteiger partial charge in [-0.3, -0.25) is 0 Å². The quantitative estimate of drug-likeness (QED) is 0.673. The molecule has 0 amide bonds. The molecule has 0 fully saturated rings. The Bertz CT molecular complexity index is 336. The maximum atomic E-state index is 13.7. The molecule has 1 aromatic rings. The van der Waals surface area contributed by atoms with Gasteiger partial charge in [0.15, 0.2) is 0 Å². The van der Waals surface area contributed by atoms with E-state index in [9.17, 15) is 8.78 Å². The third-order valence-corrected chi connectivity index (χ3v) is 3.07. The van der Waals surface area contributed by atoms with Crippen LogP contribution in [0, 0.1) is 11.6 Å². The zero-order valence-electron chi connectivity index (χ0n) is 9.82. The topological polar surface area (TPSA) is 0 Å². The first-order valence-electron chi connectivity index (χ1n) is 5.40. The van der Waals surface area contributed by atoms with Gasteiger partial charge in [0.05, 0.1) is 0 Å². The molecule has 1 atom stereocenters. The average Bonchev–Trinajstić information content (AvgIpc) is 2.16. The van der Waals surface area contributed by atoms with E-state index in [1.807, 2.05) is 28.6 Å². The zero-order valence-corrected chi connectivity index (χ0v) is 9.82. The highest BCUT2D eigenvalue weighted by Gasteiger charge is 2.26. The van der Waals surface area contributed by atoms with E-state index in [4.69, 9.17) is 0 Å². The van der Waals surface area contributed by atoms with E-state index in [0.717, 1.165) is 0 Å². The molecule has 0 saturated heterocycles. The fraction of sp³-hybridized carbons (Fsp3) is 0.500. The van der Waals surface area contributed by atoms with Crippen molar-refractivity contribution in [3.05, 3.63) is 34.9 Å². The van der Waals surface area contributed by atoms with Crippen molar-refractivity contribution in [3.63, 3.8) is 0 Å². The van der Waals surface area contributed by atoms with E-state index in [1.165, 1.54) is 12.1 Å². The molecule has 82 valence electrons. The molecule has 0 aliphatic heterocycles. The molecule has 0 spiro atoms. The second-order valence-electron chi connectivity index (χ2n) is 4.53. The van der Waals surface area contributed by atoms with Gasteiger partial charge in [0.1, 0.15) is 19.5 Å². The van der Waals surface area contributed by atoms with Crippen LogP contribution in [0.2, 0.25) is 0 Å². The summed E-state index contributed by atoms with van der Waals surface area (Å²) in [6.07, 6.45) is 1.37. The predicted molar refractivity (Wildman–Crippen MR) is 61.9 cm³/mol. The number of benzene rings is 1. The zero-order chi connectivity index (χ0) is 11.6. The van der Waals surface area contributed by atoms with Gasteiger partial charge in [-0.1, -0.05) is 27.2 Å². The summed E-state index contributed by atoms with van der Waals surface area (Å²) >= 11 is 0. The SMILES string of the molecule is BC(C)(CC)c1c(F)cc(CC)cc1F. The lowest BCUT2D eigenvalue weighted by Crippen LogP contribution is -2.24. The van der Waals surface area contributed by atoms with Crippen molar-refractivity contribution in [2.24, 2.45) is 0 Å². The Balaban J connectivity index is 3.31. The van der Waals surface area contributed by atoms with Crippen LogP contribution in [0.5, 0.6) is 0 Å². The number of halogens is 2. The molecule has 0 aliphatic rings. The minimum Gasteiger partial charge on any atom is -0.207 e. The van der Waals surface area contributed by atoms with Crippen LogP contribution in [0.3, 0.4) is 0 Å². The fourth-order valence-corrected chi connectivity index (χ4v) is 1.65. The molecule has 0 heterocycles. The summed E-state index contributed by atoms with van der Waals surface area (Å²) in [6, 6.07) is 2.88. The van der Waals surface area contributed by atoms with Crippen LogP contribution in [0.15, 0.2) is 12.1 Å². The molecule has 15 heavy (non-hydrogen) atoms. The molecular formula is C12H17BF2. The Hall–Kier alpha value is -0.855. The first kappa shape index (κ1) is 12.2. The van der Waals surface area contributed by atoms with Crippen LogP contribution < -0.4 is 0 Å². The van der Waals surface area contributed by atoms with Crippen molar-refractivity contribution >= 4 is 7.85 Å². The van der Waals surface area contributed by atoms with Gasteiger partial charge < -0.3 is 0 Å². The van der Waals surface area contributed by atoms with Crippen molar-refractivity contribution in [2.45, 2.75) is 38.9 Å². The van der Waals surface area contributed by atoms with Crippen LogP contribution in [0.4, 0.5) is 8.78 Å². The van der Waals surface area contributed by atoms with E-state index in [-0.39, 0.29) is 5.56 Å². The molecule has 0 bridgehead atoms. The second-order valence-corrected chi connectivity index (χ2v) is 4.53. The minimum absolute atomic E-state index is 0.210. The summed E-state index contributed by atoms with van der Waals surface area (Å²) in [7, 11) is 1.86. The maximum absolute atomic E-state index is 13.7. The van der Waals surface area contributed by atoms with Gasteiger partial charge in [-0.25, -0.2) is 8.78 Å². The maximum Gasteiger partial charge on any atom is 0.129 e. The molecule has 0 aromatic heterocycles. The minimum atomic E-state index is -0.444. The van der Waals surface area contributed by atoms with Crippen LogP contribution in [-0.4, -0.2) is 7.85 Å². The molecule has 0 saturated carbocycles. The van der Waals surface area contributed by atoms with Crippen molar-refractivity contribution < 1.29 is 8.78 Å². The molecule has 1 unspecified atom stereocenters. The molecule has 0 aliphatic carbocycles. The van der Waals surface area contributed by atoms with Crippen LogP contribution in [-0.2, 0) is 11.7 Å². The third-order valence-electron chi connectivity index (χ3n) is 3.07. The summed E-state index contributed by atoms with van der Waals surface area (Å²) in [5, 5.41) is -0.444. The predicted octanol–water partition coefficient (Wildman–Crippen LogP) is 2.79. The average molecular weight is 210 g/mol. The lowest BCUT2D eigenvalue weighted by molar-refractivity contribution is 0.501. The largest absolute Gasteiger partial charge is 0.207 e. The second kappa shape index (κ2) is 4.34. The first-order valence-corrected chi connectivity index (χ1v) is 5.40. The molecule has 3 heteroatoms. The Morgan fingerprint density at radius 2 is 1.67 bits per heavy atom. The molecule has 1 rings (SSSR count). The Morgan fingerprint density at radius 1 is 1.20 bits per heavy atom. The van der Waals surface area contributed by atoms with E-state index in [0.29, 0.717) is 18.4 Å². The number of hydrogen-bond donors (Lipinski definition) is 0. The van der Waals surface area contributed by atoms with Gasteiger partial charge in [-0.15, -0.1) is 0 Å². The summed E-state index contributed by atoms with van der Waals surface area (Å²) < 4.78 is 27.5. The summed E-state index contributed by atoms with van der Waals surface area (Å²) in [4.78, 5) is 0. The smallest absolute Gasteiger partial charge is 0.129 e. The molecular weight excluding hydrogens is 193 g/mol. The van der Waals surface area contributed by atoms with Crippen molar-refractivity contribution in [2.75, 3.05) is 0 Å². The Labute approximate surface area is 91.1 Å². The van der Waals surface area contributed by atoms with Crippen molar-refractivity contribution in [3.8, 4) is 0 Å². The Morgan fingerprint density at radius 3 is 2.00 bits per heavy atom. The van der Waals surface area contributed by atoms with E-state index in [1.54, 1.807) is 0 Å². The van der Waals surface area contributed by atoms with Gasteiger partial charge in [0, 0.05) is 5.56 Å². The van der Waals surface area contributed by atoms with Gasteiger partial charge in [0.25, 0.3) is 0 Å². The lowest BCUT2D eigenvalue weighted by Gasteiger charge is -2.24. The molecule has 1 aromatic carbocycles. The van der Waals surface area contributed by atoms with Crippen LogP contribution in [0.1, 0.15) is 38.3 Å². The van der Waals surface area contributed by atoms with E-state index in [2.05, 4.69) is 0 Å². The summed E-state index contributed by atoms with van der Waals surface area (Å²) in [6.45, 7) is 5.69. The molecule has 0 radical (unpaired) electrons. The van der Waals surface area contributed by atoms with Gasteiger partial charge >= 0.3 is 0 Å². The summed E-state index contributed by atoms with van der Waals surface area (Å²) in [5.41, 5.74) is 0.919. The third kappa shape index (κ3) is 2.39. The summed E-state index contributed by atoms with van der Waals surface area (Å²) in [5.74, 6) is -0.836. The van der Waals surface area contributed by atoms with E-state index < -0.39 is 16.9 Å². The highest BCUT2D eigenvalue weighted by atomic mass is 19.1. The van der Waals surface area contributed by atoms with Crippen molar-refractivity contribution in [1.82, 2.24) is 0 Å². The number of aryl methyl sites for hydroxylation is 1. The lowest BCUT2D eigenvalue weighted by atomic mass is 9.63. The van der Waals surface area contributed by atoms with E-state index >= 15 is 0 Å². The normalized spacial score (nSPS) is 15.0. The standard InChI is InChI=1S/C12H17BF2/c1-4-8-6-9(14)11(10(15)7-8)12(3,13)5-2/h6-7H,4-5,13H2,1-3H3. The van der Waals surface area contributed by atoms with Crippen molar-refractivity contribution in [1.29, 1.82) is 0 Å². The van der Waals surface area contributed by atoms with Gasteiger partial charge in [-0.05, 0) is 29.4 Å². The Kier molecular flexibility index (Phi) is 3.53. The highest BCUT2D eigenvalue weighted by Crippen LogP contribution is 2.29. The van der Waals surface area contributed by atoms with Crippen LogP contribution in [0.25, 0.3) is 0 Å². The monoisotopic (exact) mass is 210 g/mol. The molecule has 0 N–H and O–H groups in total.